The normalized spacial score (nSPS) is 16.1. The molecule has 0 bridgehead atoms. The molecule has 1 fully saturated rings. The van der Waals surface area contributed by atoms with Crippen molar-refractivity contribution in [1.29, 1.82) is 0 Å². The molecule has 1 aliphatic rings. The molecule has 104 valence electrons. The van der Waals surface area contributed by atoms with Gasteiger partial charge in [0.25, 0.3) is 0 Å². The average molecular weight is 263 g/mol. The molecular weight excluding hydrogens is 242 g/mol. The van der Waals surface area contributed by atoms with Gasteiger partial charge < -0.3 is 14.8 Å². The Hall–Kier alpha value is -1.55. The fraction of sp³-hybridized carbons (Fsp3) is 0.533. The zero-order chi connectivity index (χ0) is 13.5. The molecule has 4 heteroatoms. The Balaban J connectivity index is 1.74. The van der Waals surface area contributed by atoms with Gasteiger partial charge in [-0.3, -0.25) is 4.79 Å². The molecule has 1 heterocycles. The van der Waals surface area contributed by atoms with E-state index in [0.717, 1.165) is 37.4 Å². The van der Waals surface area contributed by atoms with Crippen molar-refractivity contribution in [3.63, 3.8) is 0 Å². The number of hydrogen-bond acceptors (Lipinski definition) is 4. The lowest BCUT2D eigenvalue weighted by Gasteiger charge is -2.21. The second-order valence-electron chi connectivity index (χ2n) is 4.77. The van der Waals surface area contributed by atoms with Crippen molar-refractivity contribution < 1.29 is 14.3 Å². The molecule has 0 saturated carbocycles. The van der Waals surface area contributed by atoms with Crippen LogP contribution in [0.2, 0.25) is 0 Å². The number of ether oxygens (including phenoxy) is 2. The molecule has 19 heavy (non-hydrogen) atoms. The SMILES string of the molecule is COc1cccc(OCCC(=O)C2CCNCC2)c1. The van der Waals surface area contributed by atoms with Gasteiger partial charge in [-0.15, -0.1) is 0 Å². The standard InChI is InChI=1S/C15H21NO3/c1-18-13-3-2-4-14(11-13)19-10-7-15(17)12-5-8-16-9-6-12/h2-4,11-12,16H,5-10H2,1H3. The largest absolute Gasteiger partial charge is 0.497 e. The summed E-state index contributed by atoms with van der Waals surface area (Å²) in [7, 11) is 1.62. The summed E-state index contributed by atoms with van der Waals surface area (Å²) < 4.78 is 10.7. The van der Waals surface area contributed by atoms with Crippen molar-refractivity contribution in [3.05, 3.63) is 24.3 Å². The summed E-state index contributed by atoms with van der Waals surface area (Å²) in [4.78, 5) is 12.0. The molecule has 0 aliphatic carbocycles. The van der Waals surface area contributed by atoms with Crippen LogP contribution in [0, 0.1) is 5.92 Å². The van der Waals surface area contributed by atoms with Gasteiger partial charge in [-0.05, 0) is 38.1 Å². The smallest absolute Gasteiger partial charge is 0.139 e. The number of piperidine rings is 1. The number of ketones is 1. The number of benzene rings is 1. The van der Waals surface area contributed by atoms with E-state index in [2.05, 4.69) is 5.32 Å². The van der Waals surface area contributed by atoms with E-state index >= 15 is 0 Å². The van der Waals surface area contributed by atoms with Gasteiger partial charge in [-0.2, -0.15) is 0 Å². The van der Waals surface area contributed by atoms with E-state index in [1.807, 2.05) is 24.3 Å². The number of carbonyl (C=O) groups excluding carboxylic acids is 1. The summed E-state index contributed by atoms with van der Waals surface area (Å²) in [5.74, 6) is 2.05. The van der Waals surface area contributed by atoms with Crippen molar-refractivity contribution in [1.82, 2.24) is 5.32 Å². The number of hydrogen-bond donors (Lipinski definition) is 1. The highest BCUT2D eigenvalue weighted by molar-refractivity contribution is 5.81. The van der Waals surface area contributed by atoms with E-state index in [4.69, 9.17) is 9.47 Å². The van der Waals surface area contributed by atoms with Crippen LogP contribution in [0.25, 0.3) is 0 Å². The summed E-state index contributed by atoms with van der Waals surface area (Å²) in [6.45, 7) is 2.34. The average Bonchev–Trinajstić information content (AvgIpc) is 2.48. The summed E-state index contributed by atoms with van der Waals surface area (Å²) in [6, 6.07) is 7.45. The van der Waals surface area contributed by atoms with Crippen LogP contribution in [0.4, 0.5) is 0 Å². The van der Waals surface area contributed by atoms with Gasteiger partial charge in [0.05, 0.1) is 13.7 Å². The molecule has 0 spiro atoms. The van der Waals surface area contributed by atoms with Crippen molar-refractivity contribution in [3.8, 4) is 11.5 Å². The van der Waals surface area contributed by atoms with Gasteiger partial charge in [0.2, 0.25) is 0 Å². The molecule has 1 aliphatic heterocycles. The van der Waals surface area contributed by atoms with Crippen LogP contribution in [0.15, 0.2) is 24.3 Å². The van der Waals surface area contributed by atoms with Crippen LogP contribution in [0.1, 0.15) is 19.3 Å². The van der Waals surface area contributed by atoms with Crippen LogP contribution in [0.3, 0.4) is 0 Å². The highest BCUT2D eigenvalue weighted by Gasteiger charge is 2.20. The van der Waals surface area contributed by atoms with Gasteiger partial charge in [-0.25, -0.2) is 0 Å². The fourth-order valence-electron chi connectivity index (χ4n) is 2.31. The third-order valence-corrected chi connectivity index (χ3v) is 3.45. The molecule has 0 aromatic heterocycles. The van der Waals surface area contributed by atoms with E-state index in [-0.39, 0.29) is 5.92 Å². The quantitative estimate of drug-likeness (QED) is 0.853. The van der Waals surface area contributed by atoms with Crippen LogP contribution >= 0.6 is 0 Å². The second kappa shape index (κ2) is 7.14. The molecule has 2 rings (SSSR count). The molecule has 0 atom stereocenters. The number of carbonyl (C=O) groups is 1. The number of rotatable bonds is 6. The Bertz CT molecular complexity index is 414. The van der Waals surface area contributed by atoms with E-state index in [9.17, 15) is 4.79 Å². The van der Waals surface area contributed by atoms with Crippen LogP contribution in [-0.4, -0.2) is 32.6 Å². The van der Waals surface area contributed by atoms with E-state index in [0.29, 0.717) is 18.8 Å². The van der Waals surface area contributed by atoms with Gasteiger partial charge >= 0.3 is 0 Å². The Labute approximate surface area is 114 Å². The third-order valence-electron chi connectivity index (χ3n) is 3.45. The Kier molecular flexibility index (Phi) is 5.21. The van der Waals surface area contributed by atoms with Crippen LogP contribution in [-0.2, 0) is 4.79 Å². The first-order valence-corrected chi connectivity index (χ1v) is 6.80. The minimum absolute atomic E-state index is 0.218. The molecular formula is C15H21NO3. The molecule has 0 unspecified atom stereocenters. The maximum absolute atomic E-state index is 12.0. The number of methoxy groups -OCH3 is 1. The van der Waals surface area contributed by atoms with E-state index in [1.165, 1.54) is 0 Å². The second-order valence-corrected chi connectivity index (χ2v) is 4.77. The number of nitrogens with one attached hydrogen (secondary N) is 1. The summed E-state index contributed by atoms with van der Waals surface area (Å²) in [6.07, 6.45) is 2.40. The number of Topliss-reactive ketones (excluding diaryl/α,β-unsaturated/α-hetero) is 1. The first kappa shape index (κ1) is 13.9. The summed E-state index contributed by atoms with van der Waals surface area (Å²) >= 11 is 0. The van der Waals surface area contributed by atoms with Crippen molar-refractivity contribution in [2.24, 2.45) is 5.92 Å². The minimum atomic E-state index is 0.218. The lowest BCUT2D eigenvalue weighted by atomic mass is 9.92. The summed E-state index contributed by atoms with van der Waals surface area (Å²) in [5, 5.41) is 3.27. The molecule has 1 aromatic carbocycles. The van der Waals surface area contributed by atoms with Crippen molar-refractivity contribution in [2.45, 2.75) is 19.3 Å². The first-order chi connectivity index (χ1) is 9.29. The maximum atomic E-state index is 12.0. The zero-order valence-corrected chi connectivity index (χ0v) is 11.4. The molecule has 1 aromatic rings. The van der Waals surface area contributed by atoms with Gasteiger partial charge in [0.15, 0.2) is 0 Å². The van der Waals surface area contributed by atoms with Gasteiger partial charge in [0.1, 0.15) is 17.3 Å². The third kappa shape index (κ3) is 4.24. The maximum Gasteiger partial charge on any atom is 0.139 e. The molecule has 4 nitrogen and oxygen atoms in total. The first-order valence-electron chi connectivity index (χ1n) is 6.80. The predicted octanol–water partition coefficient (Wildman–Crippen LogP) is 2.03. The Morgan fingerprint density at radius 2 is 2.05 bits per heavy atom. The topological polar surface area (TPSA) is 47.6 Å². The Morgan fingerprint density at radius 1 is 1.32 bits per heavy atom. The predicted molar refractivity (Wildman–Crippen MR) is 73.7 cm³/mol. The molecule has 1 N–H and O–H groups in total. The highest BCUT2D eigenvalue weighted by atomic mass is 16.5. The lowest BCUT2D eigenvalue weighted by Crippen LogP contribution is -2.32. The lowest BCUT2D eigenvalue weighted by molar-refractivity contribution is -0.124. The Morgan fingerprint density at radius 3 is 2.79 bits per heavy atom. The van der Waals surface area contributed by atoms with Crippen LogP contribution < -0.4 is 14.8 Å². The van der Waals surface area contributed by atoms with Gasteiger partial charge in [-0.1, -0.05) is 6.07 Å². The molecule has 0 amide bonds. The zero-order valence-electron chi connectivity index (χ0n) is 11.4. The van der Waals surface area contributed by atoms with Crippen molar-refractivity contribution >= 4 is 5.78 Å². The minimum Gasteiger partial charge on any atom is -0.497 e. The fourth-order valence-corrected chi connectivity index (χ4v) is 2.31. The van der Waals surface area contributed by atoms with E-state index in [1.54, 1.807) is 7.11 Å². The van der Waals surface area contributed by atoms with Crippen molar-refractivity contribution in [2.75, 3.05) is 26.8 Å². The van der Waals surface area contributed by atoms with Crippen LogP contribution in [0.5, 0.6) is 11.5 Å². The molecule has 0 radical (unpaired) electrons. The summed E-state index contributed by atoms with van der Waals surface area (Å²) in [5.41, 5.74) is 0. The monoisotopic (exact) mass is 263 g/mol. The molecule has 1 saturated heterocycles. The highest BCUT2D eigenvalue weighted by Crippen LogP contribution is 2.19. The van der Waals surface area contributed by atoms with Gasteiger partial charge in [0, 0.05) is 18.4 Å². The van der Waals surface area contributed by atoms with E-state index < -0.39 is 0 Å².